The first-order valence-electron chi connectivity index (χ1n) is 13.8. The van der Waals surface area contributed by atoms with E-state index in [0.29, 0.717) is 17.5 Å². The molecule has 2 bridgehead atoms. The van der Waals surface area contributed by atoms with Crippen LogP contribution in [0.3, 0.4) is 0 Å². The molecule has 1 aliphatic heterocycles. The fourth-order valence-electron chi connectivity index (χ4n) is 6.85. The molecule has 0 spiro atoms. The smallest absolute Gasteiger partial charge is 0.338 e. The average molecular weight is 599 g/mol. The molecule has 3 aromatic rings. The zero-order valence-corrected chi connectivity index (χ0v) is 23.2. The van der Waals surface area contributed by atoms with Crippen molar-refractivity contribution in [3.05, 3.63) is 105 Å². The lowest BCUT2D eigenvalue weighted by Crippen LogP contribution is -2.40. The van der Waals surface area contributed by atoms with Crippen LogP contribution in [-0.4, -0.2) is 35.1 Å². The minimum Gasteiger partial charge on any atom is -0.454 e. The number of para-hydroxylation sites is 1. The Morgan fingerprint density at radius 2 is 1.56 bits per heavy atom. The maximum absolute atomic E-state index is 13.4. The fraction of sp³-hybridized carbons (Fsp3) is 0.250. The van der Waals surface area contributed by atoms with Crippen LogP contribution in [-0.2, 0) is 14.3 Å². The van der Waals surface area contributed by atoms with E-state index in [-0.39, 0.29) is 68.8 Å². The molecule has 1 heterocycles. The molecule has 5 aliphatic rings. The van der Waals surface area contributed by atoms with Gasteiger partial charge in [-0.15, -0.1) is 0 Å². The maximum atomic E-state index is 13.4. The number of hydrogen-bond acceptors (Lipinski definition) is 8. The summed E-state index contributed by atoms with van der Waals surface area (Å²) in [5, 5.41) is 11.3. The highest BCUT2D eigenvalue weighted by atomic mass is 35.5. The van der Waals surface area contributed by atoms with E-state index in [4.69, 9.17) is 21.1 Å². The van der Waals surface area contributed by atoms with Crippen LogP contribution in [0, 0.1) is 45.6 Å². The minimum absolute atomic E-state index is 0.0581. The Hall–Kier alpha value is -4.83. The van der Waals surface area contributed by atoms with E-state index >= 15 is 0 Å². The van der Waals surface area contributed by atoms with E-state index < -0.39 is 23.3 Å². The number of rotatable bonds is 8. The second kappa shape index (κ2) is 10.2. The Kier molecular flexibility index (Phi) is 6.39. The molecule has 10 nitrogen and oxygen atoms in total. The Morgan fingerprint density at radius 1 is 0.907 bits per heavy atom. The molecule has 0 unspecified atom stereocenters. The first-order chi connectivity index (χ1) is 20.7. The van der Waals surface area contributed by atoms with E-state index in [9.17, 15) is 29.3 Å². The highest BCUT2D eigenvalue weighted by Crippen LogP contribution is 2.65. The number of amides is 2. The first-order valence-corrected chi connectivity index (χ1v) is 14.2. The number of ether oxygens (including phenoxy) is 2. The van der Waals surface area contributed by atoms with Crippen molar-refractivity contribution in [2.45, 2.75) is 6.42 Å². The topological polar surface area (TPSA) is 133 Å². The van der Waals surface area contributed by atoms with Crippen LogP contribution in [0.1, 0.15) is 27.1 Å². The van der Waals surface area contributed by atoms with Gasteiger partial charge in [0, 0.05) is 11.6 Å². The predicted octanol–water partition coefficient (Wildman–Crippen LogP) is 5.64. The molecular weight excluding hydrogens is 576 g/mol. The van der Waals surface area contributed by atoms with Crippen LogP contribution in [0.15, 0.2) is 78.9 Å². The number of nitro benzene ring substituents is 1. The third-order valence-corrected chi connectivity index (χ3v) is 9.17. The summed E-state index contributed by atoms with van der Waals surface area (Å²) in [6, 6.07) is 16.0. The van der Waals surface area contributed by atoms with Crippen molar-refractivity contribution in [3.8, 4) is 11.5 Å². The predicted molar refractivity (Wildman–Crippen MR) is 153 cm³/mol. The van der Waals surface area contributed by atoms with Crippen molar-refractivity contribution in [2.75, 3.05) is 11.5 Å². The normalized spacial score (nSPS) is 26.1. The van der Waals surface area contributed by atoms with Gasteiger partial charge >= 0.3 is 11.7 Å². The number of Topliss-reactive ketones (excluding diaryl/α,β-unsaturated/α-hetero) is 1. The van der Waals surface area contributed by atoms with Gasteiger partial charge in [-0.05, 0) is 78.6 Å². The largest absolute Gasteiger partial charge is 0.454 e. The van der Waals surface area contributed by atoms with Gasteiger partial charge in [0.15, 0.2) is 12.4 Å². The van der Waals surface area contributed by atoms with Crippen molar-refractivity contribution in [3.63, 3.8) is 0 Å². The number of carbonyl (C=O) groups is 4. The lowest BCUT2D eigenvalue weighted by molar-refractivity contribution is -0.385. The summed E-state index contributed by atoms with van der Waals surface area (Å²) < 4.78 is 10.8. The zero-order valence-electron chi connectivity index (χ0n) is 22.4. The average Bonchev–Trinajstić information content (AvgIpc) is 3.79. The van der Waals surface area contributed by atoms with Crippen LogP contribution in [0.25, 0.3) is 0 Å². The second-order valence-corrected chi connectivity index (χ2v) is 11.6. The molecule has 3 fully saturated rings. The van der Waals surface area contributed by atoms with Gasteiger partial charge in [-0.1, -0.05) is 35.9 Å². The summed E-state index contributed by atoms with van der Waals surface area (Å²) in [7, 11) is 0. The summed E-state index contributed by atoms with van der Waals surface area (Å²) in [5.74, 6) is -1.17. The summed E-state index contributed by atoms with van der Waals surface area (Å²) in [6.45, 7) is -0.553. The van der Waals surface area contributed by atoms with Crippen molar-refractivity contribution in [2.24, 2.45) is 35.5 Å². The molecule has 0 N–H and O–H groups in total. The van der Waals surface area contributed by atoms with Gasteiger partial charge in [0.25, 0.3) is 0 Å². The van der Waals surface area contributed by atoms with Crippen LogP contribution < -0.4 is 9.64 Å². The van der Waals surface area contributed by atoms with Gasteiger partial charge in [0.2, 0.25) is 17.6 Å². The van der Waals surface area contributed by atoms with Crippen molar-refractivity contribution in [1.29, 1.82) is 0 Å². The molecule has 216 valence electrons. The molecule has 4 aliphatic carbocycles. The van der Waals surface area contributed by atoms with Crippen LogP contribution in [0.4, 0.5) is 11.4 Å². The van der Waals surface area contributed by atoms with Gasteiger partial charge in [-0.25, -0.2) is 9.69 Å². The van der Waals surface area contributed by atoms with Gasteiger partial charge in [-0.3, -0.25) is 24.5 Å². The maximum Gasteiger partial charge on any atom is 0.338 e. The lowest BCUT2D eigenvalue weighted by atomic mass is 9.63. The standard InChI is InChI=1S/C32H23ClN2O8/c33-24-5-2-6-25(35(40)41)29(24)43-19-9-7-16(8-10-19)26(36)15-42-32(39)17-3-1-4-18(13-17)34-30(37)27-20-11-12-21(23-14-22(20)23)28(27)31(34)38/h1-13,20-23,27-28H,14-15H2/t20-,21-,22-,23-,27+,28+/m1/s1. The highest BCUT2D eigenvalue weighted by molar-refractivity contribution is 6.32. The van der Waals surface area contributed by atoms with E-state index in [2.05, 4.69) is 12.2 Å². The fourth-order valence-corrected chi connectivity index (χ4v) is 7.06. The van der Waals surface area contributed by atoms with E-state index in [1.54, 1.807) is 12.1 Å². The van der Waals surface area contributed by atoms with Crippen molar-refractivity contribution < 1.29 is 33.6 Å². The third kappa shape index (κ3) is 4.49. The van der Waals surface area contributed by atoms with Gasteiger partial charge in [-0.2, -0.15) is 0 Å². The number of imide groups is 1. The molecule has 1 saturated heterocycles. The Morgan fingerprint density at radius 3 is 2.21 bits per heavy atom. The van der Waals surface area contributed by atoms with E-state index in [1.165, 1.54) is 59.5 Å². The number of benzene rings is 3. The summed E-state index contributed by atoms with van der Waals surface area (Å²) in [4.78, 5) is 64.3. The molecule has 11 heteroatoms. The number of nitro groups is 1. The van der Waals surface area contributed by atoms with Crippen LogP contribution >= 0.6 is 11.6 Å². The van der Waals surface area contributed by atoms with Gasteiger partial charge in [0.05, 0.1) is 33.0 Å². The highest BCUT2D eigenvalue weighted by Gasteiger charge is 2.67. The Balaban J connectivity index is 0.999. The first kappa shape index (κ1) is 27.0. The molecule has 6 atom stereocenters. The Bertz CT molecular complexity index is 1720. The number of hydrogen-bond donors (Lipinski definition) is 0. The molecule has 0 radical (unpaired) electrons. The molecule has 0 aromatic heterocycles. The SMILES string of the molecule is O=C(COC(=O)c1cccc(N2C(=O)[C@H]3[C@@H]4C=C[C@H]([C@H]5C[C@H]45)[C@@H]3C2=O)c1)c1ccc(Oc2c(Cl)cccc2[N+](=O)[O-])cc1. The molecule has 2 saturated carbocycles. The summed E-state index contributed by atoms with van der Waals surface area (Å²) in [5.41, 5.74) is 0.336. The number of halogens is 1. The number of anilines is 1. The quantitative estimate of drug-likeness (QED) is 0.0812. The summed E-state index contributed by atoms with van der Waals surface area (Å²) in [6.07, 6.45) is 5.28. The number of allylic oxidation sites excluding steroid dienone is 2. The lowest BCUT2D eigenvalue weighted by Gasteiger charge is -2.37. The second-order valence-electron chi connectivity index (χ2n) is 11.2. The molecule has 43 heavy (non-hydrogen) atoms. The van der Waals surface area contributed by atoms with Crippen molar-refractivity contribution >= 4 is 46.5 Å². The van der Waals surface area contributed by atoms with Crippen molar-refractivity contribution in [1.82, 2.24) is 0 Å². The van der Waals surface area contributed by atoms with Gasteiger partial charge in [0.1, 0.15) is 5.75 Å². The zero-order chi connectivity index (χ0) is 30.0. The Labute approximate surface area is 250 Å². The molecule has 8 rings (SSSR count). The third-order valence-electron chi connectivity index (χ3n) is 8.88. The van der Waals surface area contributed by atoms with Crippen LogP contribution in [0.5, 0.6) is 11.5 Å². The number of esters is 1. The van der Waals surface area contributed by atoms with E-state index in [0.717, 1.165) is 6.42 Å². The van der Waals surface area contributed by atoms with E-state index in [1.807, 2.05) is 0 Å². The van der Waals surface area contributed by atoms with Crippen LogP contribution in [0.2, 0.25) is 5.02 Å². The minimum atomic E-state index is -0.777. The number of carbonyl (C=O) groups excluding carboxylic acids is 4. The molecule has 3 aromatic carbocycles. The molecular formula is C32H23ClN2O8. The molecule has 2 amide bonds. The monoisotopic (exact) mass is 598 g/mol. The number of ketones is 1. The van der Waals surface area contributed by atoms with Gasteiger partial charge < -0.3 is 9.47 Å². The summed E-state index contributed by atoms with van der Waals surface area (Å²) >= 11 is 6.07. The number of nitrogens with zero attached hydrogens (tertiary/aromatic N) is 2.